The Balaban J connectivity index is 1.92. The minimum absolute atomic E-state index is 0.232. The Bertz CT molecular complexity index is 1080. The van der Waals surface area contributed by atoms with E-state index in [-0.39, 0.29) is 10.9 Å². The van der Waals surface area contributed by atoms with Crippen LogP contribution >= 0.6 is 23.2 Å². The van der Waals surface area contributed by atoms with Gasteiger partial charge in [-0.2, -0.15) is 5.26 Å². The SMILES string of the molecule is COc1nc(C)c(CC=CB2OC(C)(C)C(C)(C)O2)c(Oc2cc(Cl)cc(C#N)c2)c1Cl. The van der Waals surface area contributed by atoms with Crippen molar-refractivity contribution in [2.45, 2.75) is 52.2 Å². The van der Waals surface area contributed by atoms with Crippen LogP contribution in [0, 0.1) is 18.3 Å². The van der Waals surface area contributed by atoms with E-state index in [0.29, 0.717) is 34.2 Å². The van der Waals surface area contributed by atoms with Gasteiger partial charge in [-0.05, 0) is 59.2 Å². The van der Waals surface area contributed by atoms with Gasteiger partial charge in [0.05, 0.1) is 29.9 Å². The molecular weight excluding hydrogens is 450 g/mol. The summed E-state index contributed by atoms with van der Waals surface area (Å²) in [5.41, 5.74) is 1.01. The van der Waals surface area contributed by atoms with Crippen LogP contribution < -0.4 is 9.47 Å². The maximum atomic E-state index is 9.23. The van der Waals surface area contributed by atoms with Crippen LogP contribution in [-0.2, 0) is 15.7 Å². The van der Waals surface area contributed by atoms with Gasteiger partial charge in [-0.3, -0.25) is 0 Å². The number of methoxy groups -OCH3 is 1. The highest BCUT2D eigenvalue weighted by Gasteiger charge is 2.49. The monoisotopic (exact) mass is 474 g/mol. The smallest absolute Gasteiger partial charge is 0.480 e. The quantitative estimate of drug-likeness (QED) is 0.471. The number of pyridine rings is 1. The van der Waals surface area contributed by atoms with Crippen molar-refractivity contribution in [1.82, 2.24) is 4.98 Å². The Labute approximate surface area is 199 Å². The van der Waals surface area contributed by atoms with Gasteiger partial charge in [0.2, 0.25) is 5.88 Å². The van der Waals surface area contributed by atoms with E-state index in [4.69, 9.17) is 42.0 Å². The number of aryl methyl sites for hydroxylation is 1. The lowest BCUT2D eigenvalue weighted by molar-refractivity contribution is 0.00578. The average Bonchev–Trinajstić information content (AvgIpc) is 2.92. The summed E-state index contributed by atoms with van der Waals surface area (Å²) in [5, 5.41) is 9.85. The minimum atomic E-state index is -0.461. The van der Waals surface area contributed by atoms with Crippen LogP contribution in [0.1, 0.15) is 44.5 Å². The number of nitrogens with zero attached hydrogens (tertiary/aromatic N) is 2. The molecule has 0 radical (unpaired) electrons. The first kappa shape index (κ1) is 24.4. The molecule has 1 aromatic heterocycles. The minimum Gasteiger partial charge on any atom is -0.480 e. The van der Waals surface area contributed by atoms with E-state index < -0.39 is 18.3 Å². The van der Waals surface area contributed by atoms with Crippen molar-refractivity contribution in [3.63, 3.8) is 0 Å². The van der Waals surface area contributed by atoms with Crippen LogP contribution in [0.4, 0.5) is 0 Å². The Kier molecular flexibility index (Phi) is 7.11. The number of hydrogen-bond acceptors (Lipinski definition) is 6. The highest BCUT2D eigenvalue weighted by atomic mass is 35.5. The van der Waals surface area contributed by atoms with E-state index >= 15 is 0 Å². The summed E-state index contributed by atoms with van der Waals surface area (Å²) in [4.78, 5) is 4.43. The lowest BCUT2D eigenvalue weighted by Crippen LogP contribution is -2.41. The van der Waals surface area contributed by atoms with E-state index in [2.05, 4.69) is 11.1 Å². The summed E-state index contributed by atoms with van der Waals surface area (Å²) in [6.45, 7) is 9.87. The molecule has 2 heterocycles. The lowest BCUT2D eigenvalue weighted by Gasteiger charge is -2.32. The van der Waals surface area contributed by atoms with Crippen LogP contribution in [0.25, 0.3) is 0 Å². The Morgan fingerprint density at radius 3 is 2.41 bits per heavy atom. The molecule has 32 heavy (non-hydrogen) atoms. The molecule has 3 rings (SSSR count). The first-order chi connectivity index (χ1) is 15.0. The second-order valence-corrected chi connectivity index (χ2v) is 9.29. The van der Waals surface area contributed by atoms with Gasteiger partial charge in [-0.25, -0.2) is 4.98 Å². The number of ether oxygens (including phenoxy) is 2. The molecule has 2 aromatic rings. The van der Waals surface area contributed by atoms with E-state index in [1.165, 1.54) is 7.11 Å². The molecule has 1 fully saturated rings. The number of rotatable bonds is 6. The zero-order valence-electron chi connectivity index (χ0n) is 19.0. The summed E-state index contributed by atoms with van der Waals surface area (Å²) in [5.74, 6) is 2.89. The average molecular weight is 475 g/mol. The van der Waals surface area contributed by atoms with Crippen LogP contribution in [0.3, 0.4) is 0 Å². The second-order valence-electron chi connectivity index (χ2n) is 8.47. The Morgan fingerprint density at radius 1 is 1.16 bits per heavy atom. The van der Waals surface area contributed by atoms with E-state index in [1.807, 2.05) is 46.7 Å². The molecule has 0 bridgehead atoms. The zero-order valence-corrected chi connectivity index (χ0v) is 20.5. The van der Waals surface area contributed by atoms with Gasteiger partial charge in [-0.1, -0.05) is 35.3 Å². The first-order valence-electron chi connectivity index (χ1n) is 10.1. The van der Waals surface area contributed by atoms with Gasteiger partial charge in [-0.15, -0.1) is 0 Å². The highest BCUT2D eigenvalue weighted by Crippen LogP contribution is 2.41. The number of allylic oxidation sites excluding steroid dienone is 1. The number of halogens is 2. The van der Waals surface area contributed by atoms with Crippen LogP contribution in [-0.4, -0.2) is 30.4 Å². The van der Waals surface area contributed by atoms with E-state index in [1.54, 1.807) is 18.2 Å². The molecule has 0 amide bonds. The van der Waals surface area contributed by atoms with Gasteiger partial charge in [0.1, 0.15) is 10.8 Å². The van der Waals surface area contributed by atoms with Crippen molar-refractivity contribution in [3.8, 4) is 23.4 Å². The van der Waals surface area contributed by atoms with Crippen molar-refractivity contribution >= 4 is 30.3 Å². The first-order valence-corrected chi connectivity index (χ1v) is 10.9. The van der Waals surface area contributed by atoms with Crippen molar-refractivity contribution in [2.24, 2.45) is 0 Å². The van der Waals surface area contributed by atoms with Gasteiger partial charge >= 0.3 is 7.12 Å². The predicted molar refractivity (Wildman–Crippen MR) is 126 cm³/mol. The molecule has 0 saturated carbocycles. The fraction of sp³-hybridized carbons (Fsp3) is 0.391. The van der Waals surface area contributed by atoms with Crippen molar-refractivity contribution < 1.29 is 18.8 Å². The molecule has 0 spiro atoms. The largest absolute Gasteiger partial charge is 0.486 e. The topological polar surface area (TPSA) is 73.6 Å². The van der Waals surface area contributed by atoms with E-state index in [0.717, 1.165) is 5.56 Å². The molecule has 0 aliphatic carbocycles. The Morgan fingerprint density at radius 2 is 1.81 bits per heavy atom. The van der Waals surface area contributed by atoms with Crippen molar-refractivity contribution in [1.29, 1.82) is 5.26 Å². The van der Waals surface area contributed by atoms with Gasteiger partial charge < -0.3 is 18.8 Å². The molecule has 1 aromatic carbocycles. The third-order valence-electron chi connectivity index (χ3n) is 5.67. The van der Waals surface area contributed by atoms with Crippen LogP contribution in [0.2, 0.25) is 10.0 Å². The number of benzene rings is 1. The van der Waals surface area contributed by atoms with Crippen LogP contribution in [0.5, 0.6) is 17.4 Å². The Hall–Kier alpha value is -2.24. The standard InChI is InChI=1S/C23H25BCl2N2O4/c1-14-18(8-7-9-24-31-22(2,3)23(4,5)32-24)20(19(26)21(28-14)29-6)30-17-11-15(13-27)10-16(25)12-17/h7,9-12H,8H2,1-6H3. The molecule has 1 aliphatic heterocycles. The summed E-state index contributed by atoms with van der Waals surface area (Å²) >= 11 is 12.7. The highest BCUT2D eigenvalue weighted by molar-refractivity contribution is 6.51. The molecule has 0 unspecified atom stereocenters. The van der Waals surface area contributed by atoms with Gasteiger partial charge in [0.25, 0.3) is 0 Å². The fourth-order valence-electron chi connectivity index (χ4n) is 3.21. The zero-order chi connectivity index (χ0) is 23.7. The normalized spacial score (nSPS) is 16.9. The van der Waals surface area contributed by atoms with Crippen molar-refractivity contribution in [3.05, 3.63) is 57.1 Å². The number of aromatic nitrogens is 1. The predicted octanol–water partition coefficient (Wildman–Crippen LogP) is 6.10. The molecule has 1 aliphatic rings. The third kappa shape index (κ3) is 5.05. The molecule has 0 atom stereocenters. The molecule has 9 heteroatoms. The lowest BCUT2D eigenvalue weighted by atomic mass is 9.89. The second kappa shape index (κ2) is 9.32. The summed E-state index contributed by atoms with van der Waals surface area (Å²) in [6, 6.07) is 6.83. The molecule has 168 valence electrons. The van der Waals surface area contributed by atoms with Gasteiger partial charge in [0.15, 0.2) is 5.75 Å². The summed E-state index contributed by atoms with van der Waals surface area (Å²) in [6.07, 6.45) is 2.40. The maximum Gasteiger partial charge on any atom is 0.486 e. The molecular formula is C23H25BCl2N2O4. The summed E-state index contributed by atoms with van der Waals surface area (Å²) < 4.78 is 23.4. The number of nitriles is 1. The van der Waals surface area contributed by atoms with Crippen LogP contribution in [0.15, 0.2) is 30.3 Å². The third-order valence-corrected chi connectivity index (χ3v) is 6.22. The fourth-order valence-corrected chi connectivity index (χ4v) is 3.71. The summed E-state index contributed by atoms with van der Waals surface area (Å²) in [7, 11) is 1.03. The van der Waals surface area contributed by atoms with Crippen molar-refractivity contribution in [2.75, 3.05) is 7.11 Å². The van der Waals surface area contributed by atoms with E-state index in [9.17, 15) is 5.26 Å². The van der Waals surface area contributed by atoms with Gasteiger partial charge in [0, 0.05) is 16.3 Å². The number of hydrogen-bond donors (Lipinski definition) is 0. The molecule has 0 N–H and O–H groups in total. The molecule has 1 saturated heterocycles. The molecule has 6 nitrogen and oxygen atoms in total. The maximum absolute atomic E-state index is 9.23.